The number of benzene rings is 1. The molecule has 0 radical (unpaired) electrons. The molecule has 0 fully saturated rings. The fourth-order valence-electron chi connectivity index (χ4n) is 1.27. The zero-order valence-electron chi connectivity index (χ0n) is 7.37. The lowest BCUT2D eigenvalue weighted by atomic mass is 10.2. The average molecular weight is 192 g/mol. The number of rotatable bonds is 1. The van der Waals surface area contributed by atoms with Gasteiger partial charge in [0.25, 0.3) is 0 Å². The van der Waals surface area contributed by atoms with Crippen molar-refractivity contribution in [1.29, 1.82) is 0 Å². The van der Waals surface area contributed by atoms with Crippen LogP contribution in [0.3, 0.4) is 0 Å². The van der Waals surface area contributed by atoms with Crippen molar-refractivity contribution in [2.75, 3.05) is 5.73 Å². The Morgan fingerprint density at radius 1 is 1.29 bits per heavy atom. The minimum Gasteiger partial charge on any atom is -0.383 e. The van der Waals surface area contributed by atoms with Gasteiger partial charge in [-0.15, -0.1) is 0 Å². The Morgan fingerprint density at radius 3 is 2.79 bits per heavy atom. The van der Waals surface area contributed by atoms with E-state index in [9.17, 15) is 4.39 Å². The van der Waals surface area contributed by atoms with Gasteiger partial charge in [0, 0.05) is 5.39 Å². The number of halogens is 1. The maximum absolute atomic E-state index is 12.9. The van der Waals surface area contributed by atoms with Crippen LogP contribution in [0.2, 0.25) is 0 Å². The van der Waals surface area contributed by atoms with Gasteiger partial charge < -0.3 is 11.5 Å². The Morgan fingerprint density at radius 2 is 2.07 bits per heavy atom. The highest BCUT2D eigenvalue weighted by Gasteiger charge is 2.04. The first-order valence-electron chi connectivity index (χ1n) is 4.12. The molecular weight excluding hydrogens is 183 g/mol. The van der Waals surface area contributed by atoms with E-state index >= 15 is 0 Å². The van der Waals surface area contributed by atoms with Gasteiger partial charge in [-0.1, -0.05) is 0 Å². The van der Waals surface area contributed by atoms with Crippen molar-refractivity contribution in [3.8, 4) is 0 Å². The van der Waals surface area contributed by atoms with Crippen LogP contribution in [0.25, 0.3) is 10.9 Å². The molecule has 4 nitrogen and oxygen atoms in total. The number of anilines is 1. The van der Waals surface area contributed by atoms with Gasteiger partial charge in [0.05, 0.1) is 12.1 Å². The summed E-state index contributed by atoms with van der Waals surface area (Å²) in [5.41, 5.74) is 11.6. The topological polar surface area (TPSA) is 77.8 Å². The van der Waals surface area contributed by atoms with E-state index in [0.29, 0.717) is 16.7 Å². The van der Waals surface area contributed by atoms with Gasteiger partial charge in [-0.05, 0) is 18.2 Å². The third-order valence-electron chi connectivity index (χ3n) is 1.92. The monoisotopic (exact) mass is 192 g/mol. The minimum absolute atomic E-state index is 0.220. The molecule has 0 unspecified atom stereocenters. The predicted molar refractivity (Wildman–Crippen MR) is 51.8 cm³/mol. The normalized spacial score (nSPS) is 10.7. The molecule has 0 aliphatic heterocycles. The molecule has 14 heavy (non-hydrogen) atoms. The number of nitrogen functional groups attached to an aromatic ring is 1. The summed E-state index contributed by atoms with van der Waals surface area (Å²) in [6, 6.07) is 4.20. The van der Waals surface area contributed by atoms with Gasteiger partial charge in [-0.2, -0.15) is 0 Å². The van der Waals surface area contributed by atoms with Crippen LogP contribution in [0.4, 0.5) is 10.2 Å². The van der Waals surface area contributed by atoms with Gasteiger partial charge in [-0.25, -0.2) is 14.4 Å². The van der Waals surface area contributed by atoms with E-state index in [-0.39, 0.29) is 18.2 Å². The van der Waals surface area contributed by atoms with Crippen molar-refractivity contribution in [3.63, 3.8) is 0 Å². The molecule has 0 aliphatic rings. The van der Waals surface area contributed by atoms with E-state index in [1.54, 1.807) is 6.07 Å². The number of hydrogen-bond acceptors (Lipinski definition) is 4. The van der Waals surface area contributed by atoms with Gasteiger partial charge in [-0.3, -0.25) is 0 Å². The lowest BCUT2D eigenvalue weighted by Crippen LogP contribution is -2.06. The Hall–Kier alpha value is -1.75. The van der Waals surface area contributed by atoms with Crippen molar-refractivity contribution < 1.29 is 4.39 Å². The summed E-state index contributed by atoms with van der Waals surface area (Å²) >= 11 is 0. The Balaban J connectivity index is 2.76. The van der Waals surface area contributed by atoms with Crippen molar-refractivity contribution in [2.24, 2.45) is 5.73 Å². The second kappa shape index (κ2) is 3.19. The molecule has 72 valence electrons. The predicted octanol–water partition coefficient (Wildman–Crippen LogP) is 0.810. The van der Waals surface area contributed by atoms with Gasteiger partial charge >= 0.3 is 0 Å². The van der Waals surface area contributed by atoms with Crippen molar-refractivity contribution in [1.82, 2.24) is 9.97 Å². The van der Waals surface area contributed by atoms with Crippen LogP contribution >= 0.6 is 0 Å². The first kappa shape index (κ1) is 8.83. The number of fused-ring (bicyclic) bond motifs is 1. The summed E-state index contributed by atoms with van der Waals surface area (Å²) in [4.78, 5) is 8.05. The molecule has 0 bridgehead atoms. The zero-order valence-corrected chi connectivity index (χ0v) is 7.37. The third-order valence-corrected chi connectivity index (χ3v) is 1.92. The number of nitrogens with two attached hydrogens (primary N) is 2. The molecule has 0 saturated carbocycles. The second-order valence-corrected chi connectivity index (χ2v) is 2.89. The summed E-state index contributed by atoms with van der Waals surface area (Å²) in [6.07, 6.45) is 0. The summed E-state index contributed by atoms with van der Waals surface area (Å²) in [7, 11) is 0. The van der Waals surface area contributed by atoms with Crippen molar-refractivity contribution in [3.05, 3.63) is 29.8 Å². The Kier molecular flexibility index (Phi) is 2.01. The lowest BCUT2D eigenvalue weighted by Gasteiger charge is -2.03. The molecule has 2 rings (SSSR count). The maximum Gasteiger partial charge on any atom is 0.144 e. The zero-order chi connectivity index (χ0) is 10.1. The molecule has 5 heteroatoms. The van der Waals surface area contributed by atoms with Crippen LogP contribution in [0.1, 0.15) is 5.82 Å². The molecule has 1 aromatic carbocycles. The molecule has 1 heterocycles. The van der Waals surface area contributed by atoms with Gasteiger partial charge in [0.1, 0.15) is 17.5 Å². The SMILES string of the molecule is NCc1nc(N)c2cc(F)ccc2n1. The second-order valence-electron chi connectivity index (χ2n) is 2.89. The summed E-state index contributed by atoms with van der Waals surface area (Å²) < 4.78 is 12.9. The summed E-state index contributed by atoms with van der Waals surface area (Å²) in [5.74, 6) is 0.366. The quantitative estimate of drug-likeness (QED) is 0.700. The van der Waals surface area contributed by atoms with Crippen LogP contribution in [0, 0.1) is 5.82 Å². The largest absolute Gasteiger partial charge is 0.383 e. The summed E-state index contributed by atoms with van der Waals surface area (Å²) in [5, 5.41) is 0.516. The van der Waals surface area contributed by atoms with E-state index < -0.39 is 0 Å². The molecule has 0 amide bonds. The smallest absolute Gasteiger partial charge is 0.144 e. The van der Waals surface area contributed by atoms with Crippen LogP contribution in [0.15, 0.2) is 18.2 Å². The highest BCUT2D eigenvalue weighted by Crippen LogP contribution is 2.18. The number of hydrogen-bond donors (Lipinski definition) is 2. The van der Waals surface area contributed by atoms with Crippen LogP contribution in [-0.2, 0) is 6.54 Å². The molecule has 0 atom stereocenters. The highest BCUT2D eigenvalue weighted by molar-refractivity contribution is 5.87. The van der Waals surface area contributed by atoms with E-state index in [4.69, 9.17) is 11.5 Å². The van der Waals surface area contributed by atoms with Crippen molar-refractivity contribution in [2.45, 2.75) is 6.54 Å². The minimum atomic E-state index is -0.353. The fraction of sp³-hybridized carbons (Fsp3) is 0.111. The van der Waals surface area contributed by atoms with Crippen LogP contribution < -0.4 is 11.5 Å². The number of aromatic nitrogens is 2. The van der Waals surface area contributed by atoms with Gasteiger partial charge in [0.15, 0.2) is 0 Å². The van der Waals surface area contributed by atoms with E-state index in [2.05, 4.69) is 9.97 Å². The molecule has 0 spiro atoms. The number of nitrogens with zero attached hydrogens (tertiary/aromatic N) is 2. The van der Waals surface area contributed by atoms with E-state index in [0.717, 1.165) is 0 Å². The maximum atomic E-state index is 12.9. The summed E-state index contributed by atoms with van der Waals surface area (Å²) in [6.45, 7) is 0.220. The molecule has 0 saturated heterocycles. The standard InChI is InChI=1S/C9H9FN4/c10-5-1-2-7-6(3-5)9(12)14-8(4-11)13-7/h1-3H,4,11H2,(H2,12,13,14). The van der Waals surface area contributed by atoms with Crippen molar-refractivity contribution >= 4 is 16.7 Å². The first-order chi connectivity index (χ1) is 6.70. The average Bonchev–Trinajstić information content (AvgIpc) is 2.19. The Labute approximate surface area is 79.8 Å². The lowest BCUT2D eigenvalue weighted by molar-refractivity contribution is 0.629. The molecule has 0 aliphatic carbocycles. The van der Waals surface area contributed by atoms with E-state index in [1.807, 2.05) is 0 Å². The fourth-order valence-corrected chi connectivity index (χ4v) is 1.27. The molecule has 2 aromatic rings. The molecular formula is C9H9FN4. The first-order valence-corrected chi connectivity index (χ1v) is 4.12. The van der Waals surface area contributed by atoms with Gasteiger partial charge in [0.2, 0.25) is 0 Å². The Bertz CT molecular complexity index is 483. The third kappa shape index (κ3) is 1.38. The van der Waals surface area contributed by atoms with Crippen LogP contribution in [0.5, 0.6) is 0 Å². The molecule has 4 N–H and O–H groups in total. The van der Waals surface area contributed by atoms with E-state index in [1.165, 1.54) is 12.1 Å². The van der Waals surface area contributed by atoms with Crippen LogP contribution in [-0.4, -0.2) is 9.97 Å². The highest BCUT2D eigenvalue weighted by atomic mass is 19.1. The molecule has 1 aromatic heterocycles.